The van der Waals surface area contributed by atoms with Crippen LogP contribution in [0.25, 0.3) is 0 Å². The third-order valence-corrected chi connectivity index (χ3v) is 3.11. The number of primary amides is 1. The molecular formula is C9H16N4O. The minimum Gasteiger partial charge on any atom is -0.350 e. The van der Waals surface area contributed by atoms with Gasteiger partial charge in [0.25, 0.3) is 0 Å². The molecule has 3 aliphatic heterocycles. The maximum Gasteiger partial charge on any atom is 0.332 e. The van der Waals surface area contributed by atoms with Crippen LogP contribution in [0.4, 0.5) is 4.79 Å². The van der Waals surface area contributed by atoms with E-state index in [2.05, 4.69) is 15.4 Å². The van der Waals surface area contributed by atoms with Crippen LogP contribution in [0, 0.1) is 5.92 Å². The molecule has 5 heteroatoms. The third-order valence-electron chi connectivity index (χ3n) is 3.11. The number of hydrogen-bond acceptors (Lipinski definition) is 3. The molecule has 3 saturated heterocycles. The van der Waals surface area contributed by atoms with E-state index in [-0.39, 0.29) is 0 Å². The van der Waals surface area contributed by atoms with Crippen LogP contribution in [-0.2, 0) is 0 Å². The summed E-state index contributed by atoms with van der Waals surface area (Å²) in [5.74, 6) is 0.852. The third kappa shape index (κ3) is 2.04. The summed E-state index contributed by atoms with van der Waals surface area (Å²) in [5.41, 5.74) is 7.14. The highest BCUT2D eigenvalue weighted by Crippen LogP contribution is 2.30. The van der Waals surface area contributed by atoms with Gasteiger partial charge in [0, 0.05) is 12.3 Å². The summed E-state index contributed by atoms with van der Waals surface area (Å²) in [6, 6.07) is -0.202. The Hall–Kier alpha value is -1.10. The van der Waals surface area contributed by atoms with E-state index in [4.69, 9.17) is 5.73 Å². The summed E-state index contributed by atoms with van der Waals surface area (Å²) in [6.07, 6.45) is 5.60. The van der Waals surface area contributed by atoms with E-state index in [9.17, 15) is 4.79 Å². The Morgan fingerprint density at radius 2 is 2.21 bits per heavy atom. The van der Waals surface area contributed by atoms with Gasteiger partial charge in [-0.25, -0.2) is 10.2 Å². The van der Waals surface area contributed by atoms with Crippen LogP contribution >= 0.6 is 0 Å². The van der Waals surface area contributed by atoms with E-state index in [0.717, 1.165) is 19.0 Å². The Labute approximate surface area is 83.3 Å². The van der Waals surface area contributed by atoms with Crippen LogP contribution < -0.4 is 11.2 Å². The Bertz CT molecular complexity index is 245. The standard InChI is InChI=1S/C9H16N4O/c10-9(14)12-11-6-8-5-7-1-3-13(8)4-2-7/h6-8H,1-5H2,(H3,10,12,14)/b11-6+. The molecule has 0 saturated carbocycles. The van der Waals surface area contributed by atoms with Crippen LogP contribution in [0.3, 0.4) is 0 Å². The molecule has 3 rings (SSSR count). The Morgan fingerprint density at radius 1 is 1.50 bits per heavy atom. The lowest BCUT2D eigenvalue weighted by Crippen LogP contribution is -2.49. The molecule has 3 N–H and O–H groups in total. The summed E-state index contributed by atoms with van der Waals surface area (Å²) in [6.45, 7) is 2.33. The van der Waals surface area contributed by atoms with Crippen LogP contribution in [0.15, 0.2) is 5.10 Å². The highest BCUT2D eigenvalue weighted by molar-refractivity contribution is 5.73. The fourth-order valence-corrected chi connectivity index (χ4v) is 2.35. The highest BCUT2D eigenvalue weighted by Gasteiger charge is 2.32. The zero-order chi connectivity index (χ0) is 9.97. The largest absolute Gasteiger partial charge is 0.350 e. The number of piperidine rings is 3. The van der Waals surface area contributed by atoms with Crippen molar-refractivity contribution in [3.05, 3.63) is 0 Å². The number of amides is 2. The van der Waals surface area contributed by atoms with E-state index < -0.39 is 6.03 Å². The van der Waals surface area contributed by atoms with E-state index in [1.165, 1.54) is 19.3 Å². The van der Waals surface area contributed by atoms with Crippen LogP contribution in [0.5, 0.6) is 0 Å². The molecule has 3 aliphatic rings. The van der Waals surface area contributed by atoms with Crippen molar-refractivity contribution in [3.8, 4) is 0 Å². The van der Waals surface area contributed by atoms with Crippen molar-refractivity contribution in [2.75, 3.05) is 13.1 Å². The summed E-state index contributed by atoms with van der Waals surface area (Å²) < 4.78 is 0. The predicted octanol–water partition coefficient (Wildman–Crippen LogP) is 0.125. The Morgan fingerprint density at radius 3 is 2.71 bits per heavy atom. The molecule has 3 heterocycles. The fraction of sp³-hybridized carbons (Fsp3) is 0.778. The summed E-state index contributed by atoms with van der Waals surface area (Å²) in [5, 5.41) is 3.82. The summed E-state index contributed by atoms with van der Waals surface area (Å²) >= 11 is 0. The van der Waals surface area contributed by atoms with Crippen molar-refractivity contribution in [2.24, 2.45) is 16.8 Å². The van der Waals surface area contributed by atoms with E-state index >= 15 is 0 Å². The quantitative estimate of drug-likeness (QED) is 0.486. The van der Waals surface area contributed by atoms with E-state index in [1.807, 2.05) is 0 Å². The number of rotatable bonds is 2. The number of fused-ring (bicyclic) bond motifs is 3. The molecule has 0 aromatic carbocycles. The molecule has 1 unspecified atom stereocenters. The van der Waals surface area contributed by atoms with Crippen molar-refractivity contribution < 1.29 is 4.79 Å². The number of carbonyl (C=O) groups excluding carboxylic acids is 1. The van der Waals surface area contributed by atoms with Crippen molar-refractivity contribution in [2.45, 2.75) is 25.3 Å². The molecular weight excluding hydrogens is 180 g/mol. The molecule has 0 aliphatic carbocycles. The number of hydrazone groups is 1. The minimum absolute atomic E-state index is 0.398. The number of hydrogen-bond donors (Lipinski definition) is 2. The average Bonchev–Trinajstić information content (AvgIpc) is 2.19. The topological polar surface area (TPSA) is 70.7 Å². The van der Waals surface area contributed by atoms with Gasteiger partial charge < -0.3 is 5.73 Å². The minimum atomic E-state index is -0.600. The molecule has 3 fully saturated rings. The second kappa shape index (κ2) is 3.96. The SMILES string of the molecule is NC(=O)N/N=C/C1CC2CCN1CC2. The molecule has 1 atom stereocenters. The number of nitrogens with one attached hydrogen (secondary N) is 1. The first kappa shape index (κ1) is 9.45. The Balaban J connectivity index is 1.86. The first-order chi connectivity index (χ1) is 6.75. The van der Waals surface area contributed by atoms with Gasteiger partial charge in [0.1, 0.15) is 0 Å². The van der Waals surface area contributed by atoms with Crippen LogP contribution in [0.2, 0.25) is 0 Å². The molecule has 0 aromatic heterocycles. The van der Waals surface area contributed by atoms with Gasteiger partial charge in [-0.15, -0.1) is 0 Å². The van der Waals surface area contributed by atoms with E-state index in [0.29, 0.717) is 6.04 Å². The van der Waals surface area contributed by atoms with Crippen molar-refractivity contribution in [1.29, 1.82) is 0 Å². The van der Waals surface area contributed by atoms with Gasteiger partial charge >= 0.3 is 6.03 Å². The fourth-order valence-electron chi connectivity index (χ4n) is 2.35. The van der Waals surface area contributed by atoms with Gasteiger partial charge in [-0.05, 0) is 38.3 Å². The van der Waals surface area contributed by atoms with Gasteiger partial charge in [-0.3, -0.25) is 4.90 Å². The number of nitrogens with zero attached hydrogens (tertiary/aromatic N) is 2. The highest BCUT2D eigenvalue weighted by atomic mass is 16.2. The molecule has 78 valence electrons. The maximum absolute atomic E-state index is 10.4. The Kier molecular flexibility index (Phi) is 2.67. The van der Waals surface area contributed by atoms with Crippen LogP contribution in [0.1, 0.15) is 19.3 Å². The zero-order valence-electron chi connectivity index (χ0n) is 8.15. The summed E-state index contributed by atoms with van der Waals surface area (Å²) in [4.78, 5) is 12.8. The maximum atomic E-state index is 10.4. The molecule has 2 amide bonds. The normalized spacial score (nSPS) is 36.1. The van der Waals surface area contributed by atoms with Gasteiger partial charge in [0.15, 0.2) is 0 Å². The molecule has 2 bridgehead atoms. The second-order valence-corrected chi connectivity index (χ2v) is 4.04. The first-order valence-corrected chi connectivity index (χ1v) is 5.08. The monoisotopic (exact) mass is 196 g/mol. The number of carbonyl (C=O) groups is 1. The molecule has 0 aromatic rings. The van der Waals surface area contributed by atoms with Crippen molar-refractivity contribution >= 4 is 12.2 Å². The van der Waals surface area contributed by atoms with Crippen LogP contribution in [-0.4, -0.2) is 36.3 Å². The molecule has 14 heavy (non-hydrogen) atoms. The molecule has 0 radical (unpaired) electrons. The average molecular weight is 196 g/mol. The number of nitrogens with two attached hydrogens (primary N) is 1. The van der Waals surface area contributed by atoms with E-state index in [1.54, 1.807) is 6.21 Å². The lowest BCUT2D eigenvalue weighted by molar-refractivity contribution is 0.0849. The van der Waals surface area contributed by atoms with Gasteiger partial charge in [-0.1, -0.05) is 0 Å². The van der Waals surface area contributed by atoms with Gasteiger partial charge in [-0.2, -0.15) is 5.10 Å². The van der Waals surface area contributed by atoms with Crippen molar-refractivity contribution in [3.63, 3.8) is 0 Å². The summed E-state index contributed by atoms with van der Waals surface area (Å²) in [7, 11) is 0. The van der Waals surface area contributed by atoms with Crippen molar-refractivity contribution in [1.82, 2.24) is 10.3 Å². The molecule has 0 spiro atoms. The lowest BCUT2D eigenvalue weighted by Gasteiger charge is -2.43. The van der Waals surface area contributed by atoms with Gasteiger partial charge in [0.05, 0.1) is 0 Å². The number of urea groups is 1. The lowest BCUT2D eigenvalue weighted by atomic mass is 9.84. The predicted molar refractivity (Wildman–Crippen MR) is 53.9 cm³/mol. The second-order valence-electron chi connectivity index (χ2n) is 4.04. The zero-order valence-corrected chi connectivity index (χ0v) is 8.15. The first-order valence-electron chi connectivity index (χ1n) is 5.08. The smallest absolute Gasteiger partial charge is 0.332 e. The van der Waals surface area contributed by atoms with Gasteiger partial charge in [0.2, 0.25) is 0 Å². The molecule has 5 nitrogen and oxygen atoms in total.